The van der Waals surface area contributed by atoms with Gasteiger partial charge in [0.15, 0.2) is 5.82 Å². The largest absolute Gasteiger partial charge is 0.260 e. The first kappa shape index (κ1) is 14.5. The van der Waals surface area contributed by atoms with Gasteiger partial charge in [0, 0.05) is 25.0 Å². The quantitative estimate of drug-likeness (QED) is 0.805. The Kier molecular flexibility index (Phi) is 3.95. The Hall–Kier alpha value is -3.12. The second-order valence-electron chi connectivity index (χ2n) is 5.40. The fraction of sp³-hybridized carbons (Fsp3) is 0.111. The smallest absolute Gasteiger partial charge is 0.166 e. The van der Waals surface area contributed by atoms with Gasteiger partial charge in [0.05, 0.1) is 23.1 Å². The van der Waals surface area contributed by atoms with E-state index in [1.165, 1.54) is 0 Å². The van der Waals surface area contributed by atoms with Gasteiger partial charge in [0.25, 0.3) is 0 Å². The molecule has 4 heterocycles. The third kappa shape index (κ3) is 3.00. The summed E-state index contributed by atoms with van der Waals surface area (Å²) in [4.78, 5) is 13.3. The minimum absolute atomic E-state index is 0.00251. The molecule has 0 saturated carbocycles. The van der Waals surface area contributed by atoms with Crippen LogP contribution in [0.25, 0.3) is 0 Å². The van der Waals surface area contributed by atoms with Gasteiger partial charge in [0.2, 0.25) is 0 Å². The molecule has 1 unspecified atom stereocenters. The summed E-state index contributed by atoms with van der Waals surface area (Å²) in [5.41, 5.74) is 6.10. The Morgan fingerprint density at radius 1 is 0.833 bits per heavy atom. The monoisotopic (exact) mass is 316 g/mol. The molecule has 0 fully saturated rings. The van der Waals surface area contributed by atoms with Crippen molar-refractivity contribution >= 4 is 11.5 Å². The zero-order chi connectivity index (χ0) is 16.2. The second-order valence-corrected chi connectivity index (χ2v) is 5.40. The lowest BCUT2D eigenvalue weighted by Crippen LogP contribution is -2.43. The van der Waals surface area contributed by atoms with E-state index in [2.05, 4.69) is 25.5 Å². The first-order valence-electron chi connectivity index (χ1n) is 7.77. The van der Waals surface area contributed by atoms with Gasteiger partial charge in [-0.15, -0.1) is 0 Å². The van der Waals surface area contributed by atoms with Gasteiger partial charge in [-0.25, -0.2) is 10.4 Å². The van der Waals surface area contributed by atoms with Gasteiger partial charge in [-0.3, -0.25) is 9.97 Å². The van der Waals surface area contributed by atoms with Gasteiger partial charge in [-0.1, -0.05) is 18.2 Å². The van der Waals surface area contributed by atoms with E-state index >= 15 is 0 Å². The van der Waals surface area contributed by atoms with Crippen LogP contribution in [0.4, 0.5) is 5.82 Å². The Morgan fingerprint density at radius 2 is 1.58 bits per heavy atom. The number of hydrogen-bond donors (Lipinski definition) is 1. The van der Waals surface area contributed by atoms with Crippen molar-refractivity contribution in [1.29, 1.82) is 0 Å². The third-order valence-electron chi connectivity index (χ3n) is 3.77. The maximum Gasteiger partial charge on any atom is 0.166 e. The van der Waals surface area contributed by atoms with Crippen LogP contribution in [0, 0.1) is 0 Å². The number of hydrazine groups is 1. The number of nitrogens with one attached hydrogen (secondary N) is 1. The molecule has 6 heteroatoms. The normalized spacial score (nSPS) is 17.4. The zero-order valence-electron chi connectivity index (χ0n) is 12.9. The van der Waals surface area contributed by atoms with Crippen LogP contribution in [-0.2, 0) is 0 Å². The van der Waals surface area contributed by atoms with E-state index in [-0.39, 0.29) is 6.04 Å². The predicted molar refractivity (Wildman–Crippen MR) is 92.2 cm³/mol. The van der Waals surface area contributed by atoms with Gasteiger partial charge in [-0.05, 0) is 36.4 Å². The molecule has 0 bridgehead atoms. The molecular weight excluding hydrogens is 300 g/mol. The van der Waals surface area contributed by atoms with Crippen molar-refractivity contribution in [3.8, 4) is 0 Å². The van der Waals surface area contributed by atoms with Crippen molar-refractivity contribution in [1.82, 2.24) is 20.4 Å². The lowest BCUT2D eigenvalue weighted by Gasteiger charge is -2.31. The summed E-state index contributed by atoms with van der Waals surface area (Å²) < 4.78 is 0. The van der Waals surface area contributed by atoms with Crippen LogP contribution in [0.15, 0.2) is 78.3 Å². The maximum absolute atomic E-state index is 4.68. The van der Waals surface area contributed by atoms with Crippen LogP contribution in [0.1, 0.15) is 23.9 Å². The number of pyridine rings is 3. The highest BCUT2D eigenvalue weighted by atomic mass is 15.7. The molecule has 0 radical (unpaired) electrons. The molecule has 0 aromatic carbocycles. The summed E-state index contributed by atoms with van der Waals surface area (Å²) in [6.45, 7) is 0. The van der Waals surface area contributed by atoms with Gasteiger partial charge in [-0.2, -0.15) is 10.2 Å². The lowest BCUT2D eigenvalue weighted by molar-refractivity contribution is 0.487. The van der Waals surface area contributed by atoms with Gasteiger partial charge >= 0.3 is 0 Å². The summed E-state index contributed by atoms with van der Waals surface area (Å²) in [5, 5.41) is 6.39. The molecule has 1 atom stereocenters. The number of hydrazone groups is 1. The van der Waals surface area contributed by atoms with Crippen LogP contribution in [0.5, 0.6) is 0 Å². The number of anilines is 1. The van der Waals surface area contributed by atoms with Crippen LogP contribution < -0.4 is 10.5 Å². The molecule has 1 aliphatic rings. The SMILES string of the molecule is c1ccc(C2=NN(c3ccccn3)NC(c3ccccn3)C2)nc1. The average Bonchev–Trinajstić information content (AvgIpc) is 2.70. The van der Waals surface area contributed by atoms with Gasteiger partial charge < -0.3 is 0 Å². The fourth-order valence-corrected chi connectivity index (χ4v) is 2.62. The molecule has 0 amide bonds. The summed E-state index contributed by atoms with van der Waals surface area (Å²) in [7, 11) is 0. The molecule has 0 saturated heterocycles. The van der Waals surface area contributed by atoms with E-state index in [4.69, 9.17) is 0 Å². The Bertz CT molecular complexity index is 820. The standard InChI is InChI=1S/C18H16N6/c1-4-10-19-14(7-1)16-13-17(15-8-2-5-11-20-15)23-24(22-16)18-9-3-6-12-21-18/h1-12,16,22H,13H2. The molecule has 0 aliphatic carbocycles. The van der Waals surface area contributed by atoms with Gasteiger partial charge in [0.1, 0.15) is 0 Å². The number of aromatic nitrogens is 3. The topological polar surface area (TPSA) is 66.3 Å². The van der Waals surface area contributed by atoms with Crippen molar-refractivity contribution in [3.05, 3.63) is 84.6 Å². The summed E-state index contributed by atoms with van der Waals surface area (Å²) in [6, 6.07) is 17.5. The van der Waals surface area contributed by atoms with Crippen molar-refractivity contribution < 1.29 is 0 Å². The molecule has 24 heavy (non-hydrogen) atoms. The Balaban J connectivity index is 1.73. The van der Waals surface area contributed by atoms with Crippen molar-refractivity contribution in [2.24, 2.45) is 5.10 Å². The minimum Gasteiger partial charge on any atom is -0.260 e. The highest BCUT2D eigenvalue weighted by molar-refractivity contribution is 6.00. The summed E-state index contributed by atoms with van der Waals surface area (Å²) in [6.07, 6.45) is 6.03. The Labute approximate surface area is 139 Å². The molecule has 1 N–H and O–H groups in total. The van der Waals surface area contributed by atoms with Crippen molar-refractivity contribution in [3.63, 3.8) is 0 Å². The summed E-state index contributed by atoms with van der Waals surface area (Å²) >= 11 is 0. The van der Waals surface area contributed by atoms with E-state index in [9.17, 15) is 0 Å². The van der Waals surface area contributed by atoms with Crippen LogP contribution in [-0.4, -0.2) is 20.7 Å². The molecule has 6 nitrogen and oxygen atoms in total. The molecule has 3 aromatic rings. The number of hydrogen-bond acceptors (Lipinski definition) is 6. The Morgan fingerprint density at radius 3 is 2.25 bits per heavy atom. The highest BCUT2D eigenvalue weighted by Crippen LogP contribution is 2.24. The van der Waals surface area contributed by atoms with E-state index in [0.717, 1.165) is 22.9 Å². The molecule has 0 spiro atoms. The van der Waals surface area contributed by atoms with E-state index < -0.39 is 0 Å². The average molecular weight is 316 g/mol. The maximum atomic E-state index is 4.68. The van der Waals surface area contributed by atoms with Crippen LogP contribution >= 0.6 is 0 Å². The van der Waals surface area contributed by atoms with Crippen LogP contribution in [0.3, 0.4) is 0 Å². The van der Waals surface area contributed by atoms with E-state index in [1.807, 2.05) is 54.6 Å². The van der Waals surface area contributed by atoms with E-state index in [1.54, 1.807) is 23.7 Å². The second kappa shape index (κ2) is 6.55. The predicted octanol–water partition coefficient (Wildman–Crippen LogP) is 2.73. The van der Waals surface area contributed by atoms with E-state index in [0.29, 0.717) is 6.42 Å². The highest BCUT2D eigenvalue weighted by Gasteiger charge is 2.26. The lowest BCUT2D eigenvalue weighted by atomic mass is 10.0. The minimum atomic E-state index is 0.00251. The fourth-order valence-electron chi connectivity index (χ4n) is 2.62. The molecule has 118 valence electrons. The summed E-state index contributed by atoms with van der Waals surface area (Å²) in [5.74, 6) is 0.728. The molecule has 1 aliphatic heterocycles. The van der Waals surface area contributed by atoms with Crippen LogP contribution in [0.2, 0.25) is 0 Å². The van der Waals surface area contributed by atoms with Crippen molar-refractivity contribution in [2.75, 3.05) is 5.12 Å². The number of rotatable bonds is 3. The molecule has 3 aromatic heterocycles. The first-order valence-corrected chi connectivity index (χ1v) is 7.77. The van der Waals surface area contributed by atoms with Crippen molar-refractivity contribution in [2.45, 2.75) is 12.5 Å². The number of nitrogens with zero attached hydrogens (tertiary/aromatic N) is 5. The zero-order valence-corrected chi connectivity index (χ0v) is 12.9. The first-order chi connectivity index (χ1) is 11.9. The molecule has 4 rings (SSSR count). The third-order valence-corrected chi connectivity index (χ3v) is 3.77. The molecular formula is C18H16N6.